The summed E-state index contributed by atoms with van der Waals surface area (Å²) >= 11 is 4.57. The molecule has 1 nitrogen and oxygen atoms in total. The van der Waals surface area contributed by atoms with Gasteiger partial charge >= 0.3 is 6.18 Å². The molecule has 0 aliphatic rings. The van der Waals surface area contributed by atoms with Gasteiger partial charge in [0.2, 0.25) is 0 Å². The van der Waals surface area contributed by atoms with Crippen LogP contribution in [0.3, 0.4) is 0 Å². The fourth-order valence-corrected chi connectivity index (χ4v) is 3.27. The van der Waals surface area contributed by atoms with Crippen molar-refractivity contribution < 1.29 is 17.6 Å². The fourth-order valence-electron chi connectivity index (χ4n) is 1.69. The Bertz CT molecular complexity index is 594. The van der Waals surface area contributed by atoms with Gasteiger partial charge < -0.3 is 5.73 Å². The van der Waals surface area contributed by atoms with Crippen molar-refractivity contribution in [2.75, 3.05) is 0 Å². The van der Waals surface area contributed by atoms with E-state index < -0.39 is 23.6 Å². The first-order valence-corrected chi connectivity index (χ1v) is 6.88. The lowest BCUT2D eigenvalue weighted by atomic mass is 9.99. The van der Waals surface area contributed by atoms with Crippen molar-refractivity contribution in [3.63, 3.8) is 0 Å². The second-order valence-corrected chi connectivity index (χ2v) is 5.46. The molecule has 1 atom stereocenters. The van der Waals surface area contributed by atoms with Gasteiger partial charge in [0, 0.05) is 15.4 Å². The fraction of sp³-hybridized carbons (Fsp3) is 0.167. The number of hydrogen-bond acceptors (Lipinski definition) is 2. The first kappa shape index (κ1) is 14.5. The molecule has 1 aromatic carbocycles. The van der Waals surface area contributed by atoms with Gasteiger partial charge in [-0.25, -0.2) is 4.39 Å². The summed E-state index contributed by atoms with van der Waals surface area (Å²) in [6.07, 6.45) is -4.73. The predicted molar refractivity (Wildman–Crippen MR) is 69.5 cm³/mol. The number of alkyl halides is 3. The normalized spacial score (nSPS) is 13.6. The van der Waals surface area contributed by atoms with Crippen LogP contribution in [0.15, 0.2) is 33.4 Å². The molecule has 2 aromatic rings. The van der Waals surface area contributed by atoms with Gasteiger partial charge in [0.15, 0.2) is 0 Å². The zero-order chi connectivity index (χ0) is 14.2. The summed E-state index contributed by atoms with van der Waals surface area (Å²) in [6, 6.07) is 2.18. The molecule has 0 saturated carbocycles. The lowest BCUT2D eigenvalue weighted by Crippen LogP contribution is -2.17. The van der Waals surface area contributed by atoms with Gasteiger partial charge in [0.05, 0.1) is 11.6 Å². The van der Waals surface area contributed by atoms with Crippen LogP contribution in [0.25, 0.3) is 0 Å². The molecule has 0 aliphatic carbocycles. The van der Waals surface area contributed by atoms with Crippen LogP contribution in [-0.2, 0) is 6.18 Å². The summed E-state index contributed by atoms with van der Waals surface area (Å²) in [5.74, 6) is -1.32. The van der Waals surface area contributed by atoms with Gasteiger partial charge in [-0.15, -0.1) is 0 Å². The van der Waals surface area contributed by atoms with Crippen molar-refractivity contribution in [3.8, 4) is 0 Å². The third kappa shape index (κ3) is 2.82. The summed E-state index contributed by atoms with van der Waals surface area (Å²) in [4.78, 5) is 0. The second kappa shape index (κ2) is 5.22. The number of nitrogens with two attached hydrogens (primary N) is 1. The zero-order valence-corrected chi connectivity index (χ0v) is 11.7. The van der Waals surface area contributed by atoms with Crippen molar-refractivity contribution in [3.05, 3.63) is 55.9 Å². The summed E-state index contributed by atoms with van der Waals surface area (Å²) in [7, 11) is 0. The second-order valence-electron chi connectivity index (χ2n) is 3.86. The van der Waals surface area contributed by atoms with Crippen LogP contribution in [0, 0.1) is 5.82 Å². The van der Waals surface area contributed by atoms with Gasteiger partial charge in [-0.1, -0.05) is 12.1 Å². The number of thiophene rings is 1. The van der Waals surface area contributed by atoms with Crippen LogP contribution < -0.4 is 5.73 Å². The van der Waals surface area contributed by atoms with Crippen LogP contribution >= 0.6 is 27.3 Å². The van der Waals surface area contributed by atoms with E-state index in [-0.39, 0.29) is 5.56 Å². The first-order valence-electron chi connectivity index (χ1n) is 5.15. The maximum Gasteiger partial charge on any atom is 0.419 e. The summed E-state index contributed by atoms with van der Waals surface area (Å²) < 4.78 is 52.5. The Hall–Kier alpha value is -0.920. The monoisotopic (exact) mass is 353 g/mol. The van der Waals surface area contributed by atoms with Gasteiger partial charge in [0.25, 0.3) is 0 Å². The van der Waals surface area contributed by atoms with Crippen LogP contribution in [0.1, 0.15) is 22.7 Å². The molecule has 7 heteroatoms. The molecule has 2 rings (SSSR count). The molecule has 0 fully saturated rings. The van der Waals surface area contributed by atoms with E-state index in [9.17, 15) is 17.6 Å². The van der Waals surface area contributed by atoms with Crippen LogP contribution in [-0.4, -0.2) is 0 Å². The van der Waals surface area contributed by atoms with E-state index >= 15 is 0 Å². The molecular weight excluding hydrogens is 346 g/mol. The standard InChI is InChI=1S/C12H8BrF4NS/c13-9-5-19-4-7(9)11(18)6-2-1-3-8(10(6)14)12(15,16)17/h1-5,11H,18H2. The topological polar surface area (TPSA) is 26.0 Å². The third-order valence-electron chi connectivity index (χ3n) is 2.65. The van der Waals surface area contributed by atoms with Crippen molar-refractivity contribution in [2.45, 2.75) is 12.2 Å². The van der Waals surface area contributed by atoms with E-state index in [2.05, 4.69) is 15.9 Å². The Morgan fingerprint density at radius 2 is 1.84 bits per heavy atom. The molecule has 0 bridgehead atoms. The predicted octanol–water partition coefficient (Wildman–Crippen LogP) is 4.72. The van der Waals surface area contributed by atoms with E-state index in [1.54, 1.807) is 10.8 Å². The van der Waals surface area contributed by atoms with E-state index in [1.165, 1.54) is 17.4 Å². The molecule has 0 saturated heterocycles. The smallest absolute Gasteiger partial charge is 0.320 e. The highest BCUT2D eigenvalue weighted by atomic mass is 79.9. The number of halogens is 5. The summed E-state index contributed by atoms with van der Waals surface area (Å²) in [5, 5.41) is 3.41. The van der Waals surface area contributed by atoms with E-state index in [0.29, 0.717) is 16.1 Å². The van der Waals surface area contributed by atoms with Crippen LogP contribution in [0.5, 0.6) is 0 Å². The molecule has 0 aliphatic heterocycles. The van der Waals surface area contributed by atoms with Gasteiger partial charge in [-0.2, -0.15) is 24.5 Å². The Morgan fingerprint density at radius 3 is 2.37 bits per heavy atom. The third-order valence-corrected chi connectivity index (χ3v) is 4.40. The molecule has 0 radical (unpaired) electrons. The molecule has 2 N–H and O–H groups in total. The SMILES string of the molecule is NC(c1cscc1Br)c1cccc(C(F)(F)F)c1F. The Balaban J connectivity index is 2.50. The van der Waals surface area contributed by atoms with Crippen molar-refractivity contribution in [1.82, 2.24) is 0 Å². The molecule has 0 amide bonds. The largest absolute Gasteiger partial charge is 0.419 e. The minimum absolute atomic E-state index is 0.172. The van der Waals surface area contributed by atoms with E-state index in [0.717, 1.165) is 6.07 Å². The lowest BCUT2D eigenvalue weighted by Gasteiger charge is -2.16. The molecule has 1 aromatic heterocycles. The highest BCUT2D eigenvalue weighted by Gasteiger charge is 2.35. The van der Waals surface area contributed by atoms with Crippen molar-refractivity contribution in [1.29, 1.82) is 0 Å². The number of rotatable bonds is 2. The Labute approximate surface area is 119 Å². The summed E-state index contributed by atoms with van der Waals surface area (Å²) in [6.45, 7) is 0. The van der Waals surface area contributed by atoms with E-state index in [4.69, 9.17) is 5.73 Å². The quantitative estimate of drug-likeness (QED) is 0.777. The molecule has 102 valence electrons. The maximum atomic E-state index is 13.9. The Kier molecular flexibility index (Phi) is 3.98. The highest BCUT2D eigenvalue weighted by molar-refractivity contribution is 9.10. The zero-order valence-electron chi connectivity index (χ0n) is 9.34. The van der Waals surface area contributed by atoms with Crippen molar-refractivity contribution in [2.24, 2.45) is 5.73 Å². The van der Waals surface area contributed by atoms with Crippen molar-refractivity contribution >= 4 is 27.3 Å². The van der Waals surface area contributed by atoms with Crippen LogP contribution in [0.2, 0.25) is 0 Å². The number of hydrogen-bond donors (Lipinski definition) is 1. The number of benzene rings is 1. The average molecular weight is 354 g/mol. The summed E-state index contributed by atoms with van der Waals surface area (Å²) in [5.41, 5.74) is 4.93. The molecular formula is C12H8BrF4NS. The van der Waals surface area contributed by atoms with E-state index in [1.807, 2.05) is 0 Å². The lowest BCUT2D eigenvalue weighted by molar-refractivity contribution is -0.140. The molecule has 1 heterocycles. The van der Waals surface area contributed by atoms with Gasteiger partial charge in [-0.3, -0.25) is 0 Å². The Morgan fingerprint density at radius 1 is 1.16 bits per heavy atom. The average Bonchev–Trinajstić information content (AvgIpc) is 2.73. The molecule has 1 unspecified atom stereocenters. The first-order chi connectivity index (χ1) is 8.82. The van der Waals surface area contributed by atoms with Gasteiger partial charge in [0.1, 0.15) is 5.82 Å². The molecule has 19 heavy (non-hydrogen) atoms. The highest BCUT2D eigenvalue weighted by Crippen LogP contribution is 2.36. The van der Waals surface area contributed by atoms with Gasteiger partial charge in [-0.05, 0) is 32.9 Å². The maximum absolute atomic E-state index is 13.9. The van der Waals surface area contributed by atoms with Crippen LogP contribution in [0.4, 0.5) is 17.6 Å². The molecule has 0 spiro atoms. The minimum atomic E-state index is -4.73. The minimum Gasteiger partial charge on any atom is -0.320 e.